The number of aromatic nitrogens is 4. The molecule has 0 unspecified atom stereocenters. The summed E-state index contributed by atoms with van der Waals surface area (Å²) >= 11 is 0. The first-order chi connectivity index (χ1) is 10.9. The van der Waals surface area contributed by atoms with Crippen LogP contribution >= 0.6 is 0 Å². The molecule has 4 N–H and O–H groups in total. The van der Waals surface area contributed by atoms with E-state index in [-0.39, 0.29) is 35.9 Å². The van der Waals surface area contributed by atoms with E-state index in [4.69, 9.17) is 10.5 Å². The summed E-state index contributed by atoms with van der Waals surface area (Å²) in [5.74, 6) is 0.172. The van der Waals surface area contributed by atoms with Crippen LogP contribution < -0.4 is 5.73 Å². The molecule has 0 amide bonds. The number of hydrogen-bond donors (Lipinski definition) is 3. The van der Waals surface area contributed by atoms with Crippen LogP contribution in [0.15, 0.2) is 6.33 Å². The molecule has 1 saturated heterocycles. The Bertz CT molecular complexity index is 722. The molecule has 1 fully saturated rings. The average Bonchev–Trinajstić information content (AvgIpc) is 3.01. The van der Waals surface area contributed by atoms with E-state index < -0.39 is 24.0 Å². The molecular weight excluding hydrogens is 305 g/mol. The fraction of sp³-hybridized carbons (Fsp3) is 0.643. The number of nitrogens with zero attached hydrogens (tertiary/aromatic N) is 4. The Morgan fingerprint density at radius 3 is 2.91 bits per heavy atom. The quantitative estimate of drug-likeness (QED) is 0.704. The maximum atomic E-state index is 13.4. The molecule has 0 aromatic carbocycles. The molecule has 2 aromatic rings. The summed E-state index contributed by atoms with van der Waals surface area (Å²) in [5, 5.41) is 20.1. The Morgan fingerprint density at radius 2 is 2.26 bits per heavy atom. The predicted octanol–water partition coefficient (Wildman–Crippen LogP) is 0.605. The Labute approximate surface area is 132 Å². The van der Waals surface area contributed by atoms with E-state index in [1.165, 1.54) is 10.9 Å². The number of fused-ring (bicyclic) bond motifs is 1. The summed E-state index contributed by atoms with van der Waals surface area (Å²) in [6.45, 7) is 3.66. The van der Waals surface area contributed by atoms with Gasteiger partial charge >= 0.3 is 6.08 Å². The zero-order chi connectivity index (χ0) is 16.8. The van der Waals surface area contributed by atoms with Gasteiger partial charge in [0.1, 0.15) is 11.8 Å². The molecule has 3 rings (SSSR count). The minimum atomic E-state index is -1.05. The van der Waals surface area contributed by atoms with E-state index >= 15 is 0 Å². The number of aliphatic hydroxyl groups excluding tert-OH is 2. The lowest BCUT2D eigenvalue weighted by Crippen LogP contribution is -2.44. The van der Waals surface area contributed by atoms with Crippen LogP contribution in [-0.2, 0) is 4.74 Å². The molecule has 0 saturated carbocycles. The number of halogens is 1. The van der Waals surface area contributed by atoms with Crippen LogP contribution in [-0.4, -0.2) is 48.0 Å². The molecule has 3 atom stereocenters. The van der Waals surface area contributed by atoms with Crippen molar-refractivity contribution in [3.8, 4) is 0 Å². The van der Waals surface area contributed by atoms with E-state index in [1.807, 2.05) is 13.8 Å². The summed E-state index contributed by atoms with van der Waals surface area (Å²) in [5.41, 5.74) is 5.07. The SMILES string of the molecule is CC(C)C[C@]1(CO)O[C@@H](n2cnc3c(N)nc(F)nc32)C[C@@H]1O. The van der Waals surface area contributed by atoms with E-state index in [0.717, 1.165) is 0 Å². The number of nitrogens with two attached hydrogens (primary N) is 1. The smallest absolute Gasteiger partial charge is 0.312 e. The van der Waals surface area contributed by atoms with Crippen molar-refractivity contribution >= 4 is 17.0 Å². The van der Waals surface area contributed by atoms with Gasteiger partial charge in [-0.1, -0.05) is 13.8 Å². The molecule has 0 radical (unpaired) electrons. The van der Waals surface area contributed by atoms with Gasteiger partial charge in [-0.25, -0.2) is 4.98 Å². The van der Waals surface area contributed by atoms with Gasteiger partial charge in [-0.15, -0.1) is 0 Å². The van der Waals surface area contributed by atoms with E-state index in [1.54, 1.807) is 0 Å². The van der Waals surface area contributed by atoms with Crippen molar-refractivity contribution in [2.24, 2.45) is 5.92 Å². The van der Waals surface area contributed by atoms with Crippen LogP contribution in [0.1, 0.15) is 32.9 Å². The minimum Gasteiger partial charge on any atom is -0.393 e. The number of imidazole rings is 1. The Morgan fingerprint density at radius 1 is 1.52 bits per heavy atom. The maximum Gasteiger partial charge on any atom is 0.312 e. The number of aliphatic hydroxyl groups is 2. The molecule has 9 heteroatoms. The molecule has 126 valence electrons. The normalized spacial score (nSPS) is 28.1. The molecule has 23 heavy (non-hydrogen) atoms. The molecule has 8 nitrogen and oxygen atoms in total. The second-order valence-corrected chi connectivity index (χ2v) is 6.35. The number of anilines is 1. The average molecular weight is 325 g/mol. The lowest BCUT2D eigenvalue weighted by molar-refractivity contribution is -0.136. The Balaban J connectivity index is 1.98. The van der Waals surface area contributed by atoms with Crippen LogP contribution in [0.4, 0.5) is 10.2 Å². The van der Waals surface area contributed by atoms with Gasteiger partial charge in [0.15, 0.2) is 17.0 Å². The lowest BCUT2D eigenvalue weighted by Gasteiger charge is -2.31. The highest BCUT2D eigenvalue weighted by molar-refractivity contribution is 5.81. The third-order valence-electron chi connectivity index (χ3n) is 4.16. The number of rotatable bonds is 4. The number of hydrogen-bond acceptors (Lipinski definition) is 7. The highest BCUT2D eigenvalue weighted by atomic mass is 19.1. The topological polar surface area (TPSA) is 119 Å². The molecule has 0 bridgehead atoms. The van der Waals surface area contributed by atoms with Gasteiger partial charge in [-0.3, -0.25) is 4.57 Å². The Kier molecular flexibility index (Phi) is 3.95. The van der Waals surface area contributed by atoms with Crippen molar-refractivity contribution < 1.29 is 19.3 Å². The molecule has 1 aliphatic heterocycles. The van der Waals surface area contributed by atoms with Gasteiger partial charge < -0.3 is 20.7 Å². The van der Waals surface area contributed by atoms with Crippen molar-refractivity contribution in [1.82, 2.24) is 19.5 Å². The fourth-order valence-corrected chi connectivity index (χ4v) is 3.18. The van der Waals surface area contributed by atoms with Crippen molar-refractivity contribution in [3.63, 3.8) is 0 Å². The van der Waals surface area contributed by atoms with Crippen LogP contribution in [0.3, 0.4) is 0 Å². The van der Waals surface area contributed by atoms with E-state index in [2.05, 4.69) is 15.0 Å². The number of nitrogen functional groups attached to an aromatic ring is 1. The van der Waals surface area contributed by atoms with Crippen LogP contribution in [0.2, 0.25) is 0 Å². The highest BCUT2D eigenvalue weighted by Crippen LogP contribution is 2.41. The zero-order valence-electron chi connectivity index (χ0n) is 13.0. The Hall–Kier alpha value is -1.84. The van der Waals surface area contributed by atoms with Crippen LogP contribution in [0, 0.1) is 12.0 Å². The van der Waals surface area contributed by atoms with Gasteiger partial charge in [0.05, 0.1) is 19.0 Å². The predicted molar refractivity (Wildman–Crippen MR) is 79.7 cm³/mol. The van der Waals surface area contributed by atoms with Gasteiger partial charge in [-0.2, -0.15) is 14.4 Å². The zero-order valence-corrected chi connectivity index (χ0v) is 13.0. The summed E-state index contributed by atoms with van der Waals surface area (Å²) in [6, 6.07) is 0. The minimum absolute atomic E-state index is 0.0552. The van der Waals surface area contributed by atoms with Crippen molar-refractivity contribution in [3.05, 3.63) is 12.4 Å². The standard InChI is InChI=1S/C14H20FN5O3/c1-7(2)4-14(5-21)8(22)3-9(23-14)20-6-17-10-11(16)18-13(15)19-12(10)20/h6-9,21-22H,3-5H2,1-2H3,(H2,16,18,19)/t8-,9+,14+/m0/s1. The summed E-state index contributed by atoms with van der Waals surface area (Å²) in [6.07, 6.45) is -0.249. The first-order valence-corrected chi connectivity index (χ1v) is 7.48. The molecule has 0 aliphatic carbocycles. The number of ether oxygens (including phenoxy) is 1. The fourth-order valence-electron chi connectivity index (χ4n) is 3.18. The first kappa shape index (κ1) is 16.0. The third-order valence-corrected chi connectivity index (χ3v) is 4.16. The summed E-state index contributed by atoms with van der Waals surface area (Å²) in [4.78, 5) is 11.2. The second-order valence-electron chi connectivity index (χ2n) is 6.35. The van der Waals surface area contributed by atoms with Crippen molar-refractivity contribution in [2.45, 2.75) is 44.6 Å². The molecule has 3 heterocycles. The van der Waals surface area contributed by atoms with Crippen LogP contribution in [0.25, 0.3) is 11.2 Å². The van der Waals surface area contributed by atoms with Crippen molar-refractivity contribution in [2.75, 3.05) is 12.3 Å². The highest BCUT2D eigenvalue weighted by Gasteiger charge is 2.48. The first-order valence-electron chi connectivity index (χ1n) is 7.48. The lowest BCUT2D eigenvalue weighted by atomic mass is 9.88. The van der Waals surface area contributed by atoms with Crippen LogP contribution in [0.5, 0.6) is 0 Å². The molecule has 2 aromatic heterocycles. The van der Waals surface area contributed by atoms with Gasteiger partial charge in [0.25, 0.3) is 0 Å². The monoisotopic (exact) mass is 325 g/mol. The maximum absolute atomic E-state index is 13.4. The molecule has 0 spiro atoms. The largest absolute Gasteiger partial charge is 0.393 e. The molecular formula is C14H20FN5O3. The third kappa shape index (κ3) is 2.64. The van der Waals surface area contributed by atoms with E-state index in [9.17, 15) is 14.6 Å². The van der Waals surface area contributed by atoms with Gasteiger partial charge in [0, 0.05) is 6.42 Å². The van der Waals surface area contributed by atoms with Gasteiger partial charge in [-0.05, 0) is 12.3 Å². The van der Waals surface area contributed by atoms with Crippen molar-refractivity contribution in [1.29, 1.82) is 0 Å². The van der Waals surface area contributed by atoms with E-state index in [0.29, 0.717) is 6.42 Å². The second kappa shape index (κ2) is 5.66. The molecule has 1 aliphatic rings. The summed E-state index contributed by atoms with van der Waals surface area (Å²) in [7, 11) is 0. The van der Waals surface area contributed by atoms with Gasteiger partial charge in [0.2, 0.25) is 0 Å². The summed E-state index contributed by atoms with van der Waals surface area (Å²) < 4.78 is 20.9.